The summed E-state index contributed by atoms with van der Waals surface area (Å²) < 4.78 is 0. The molecule has 0 saturated carbocycles. The third-order valence-corrected chi connectivity index (χ3v) is 10.6. The Morgan fingerprint density at radius 2 is 1.08 bits per heavy atom. The van der Waals surface area contributed by atoms with E-state index in [4.69, 9.17) is 0 Å². The number of nitrogens with one attached hydrogen (secondary N) is 4. The highest BCUT2D eigenvalue weighted by atomic mass is 16.4. The maximum Gasteiger partial charge on any atom is 0.307 e. The Morgan fingerprint density at radius 3 is 1.71 bits per heavy atom. The maximum atomic E-state index is 14.5. The molecule has 0 unspecified atom stereocenters. The van der Waals surface area contributed by atoms with Crippen LogP contribution in [0.1, 0.15) is 34.2 Å². The minimum absolute atomic E-state index is 0.00666. The van der Waals surface area contributed by atoms with E-state index in [1.54, 1.807) is 60.7 Å². The first-order valence-corrected chi connectivity index (χ1v) is 20.0. The van der Waals surface area contributed by atoms with Gasteiger partial charge < -0.3 is 36.6 Å². The van der Waals surface area contributed by atoms with Gasteiger partial charge in [-0.25, -0.2) is 0 Å². The van der Waals surface area contributed by atoms with E-state index in [1.165, 1.54) is 30.3 Å². The number of ketones is 1. The van der Waals surface area contributed by atoms with E-state index in [0.717, 1.165) is 11.1 Å². The lowest BCUT2D eigenvalue weighted by molar-refractivity contribution is -0.145. The van der Waals surface area contributed by atoms with Crippen LogP contribution in [0.5, 0.6) is 0 Å². The minimum Gasteiger partial charge on any atom is -0.481 e. The molecule has 2 aliphatic heterocycles. The number of carboxylic acid groups (broad SMARTS) is 1. The fraction of sp³-hybridized carbons (Fsp3) is 0.229. The molecule has 5 aromatic carbocycles. The Hall–Kier alpha value is -7.47. The predicted octanol–water partition coefficient (Wildman–Crippen LogP) is 3.28. The van der Waals surface area contributed by atoms with Gasteiger partial charge in [0.1, 0.15) is 12.1 Å². The number of benzene rings is 5. The van der Waals surface area contributed by atoms with Crippen LogP contribution in [0.25, 0.3) is 11.1 Å². The number of carbonyl (C=O) groups excluding carboxylic acids is 5. The third-order valence-electron chi connectivity index (χ3n) is 10.6. The molecule has 0 aliphatic carbocycles. The molecule has 5 aromatic rings. The van der Waals surface area contributed by atoms with Crippen LogP contribution in [0.3, 0.4) is 0 Å². The SMILES string of the molecule is N#Cc1cccc(C[C@H]2NC(=O)[C@H](O)[C@@H](O)C(=O)Nc3ccc(cc3)C[C@@H](C(=O)O)CC(=O)[C@@H](Cc3ccccc3)NC(=O)[C@H](Cc3ccc(-c4ccccc4)cc3)NC2=O)c1. The Labute approximate surface area is 357 Å². The summed E-state index contributed by atoms with van der Waals surface area (Å²) in [7, 11) is 0. The van der Waals surface area contributed by atoms with E-state index in [1.807, 2.05) is 48.5 Å². The van der Waals surface area contributed by atoms with Crippen LogP contribution in [0.2, 0.25) is 0 Å². The van der Waals surface area contributed by atoms with Crippen molar-refractivity contribution in [3.8, 4) is 17.2 Å². The molecular formula is C48H45N5O9. The van der Waals surface area contributed by atoms with Gasteiger partial charge in [-0.15, -0.1) is 0 Å². The number of nitrogens with zero attached hydrogens (tertiary/aromatic N) is 1. The molecule has 14 nitrogen and oxygen atoms in total. The van der Waals surface area contributed by atoms with Gasteiger partial charge in [0.2, 0.25) is 11.8 Å². The maximum absolute atomic E-state index is 14.5. The summed E-state index contributed by atoms with van der Waals surface area (Å²) in [4.78, 5) is 82.1. The second kappa shape index (κ2) is 20.7. The first-order chi connectivity index (χ1) is 29.9. The van der Waals surface area contributed by atoms with Crippen molar-refractivity contribution < 1.29 is 44.1 Å². The number of carboxylic acids is 1. The quantitative estimate of drug-likeness (QED) is 0.113. The Kier molecular flexibility index (Phi) is 14.7. The highest BCUT2D eigenvalue weighted by Crippen LogP contribution is 2.22. The standard InChI is InChI=1S/C48H45N5O9/c49-28-33-11-7-10-32(22-33)26-40-45(58)52-39(25-31-14-18-35(19-15-31)34-12-5-2-6-13-34)44(57)51-38(24-29-8-3-1-4-9-29)41(54)27-36(48(61)62)23-30-16-20-37(21-17-30)50-46(59)42(55)43(56)47(60)53-40/h1-22,36,38-40,42-43,55-56H,23-27H2,(H,50,59)(H,51,57)(H,52,58)(H,53,60)(H,61,62)/t36-,38-,39+,40-,42-,43-/m1/s1. The van der Waals surface area contributed by atoms with Crippen molar-refractivity contribution in [2.24, 2.45) is 5.92 Å². The second-order valence-corrected chi connectivity index (χ2v) is 15.1. The van der Waals surface area contributed by atoms with Crippen molar-refractivity contribution in [3.63, 3.8) is 0 Å². The van der Waals surface area contributed by atoms with E-state index in [9.17, 15) is 49.3 Å². The molecule has 0 spiro atoms. The van der Waals surface area contributed by atoms with E-state index < -0.39 is 78.1 Å². The lowest BCUT2D eigenvalue weighted by Gasteiger charge is -2.27. The molecule has 62 heavy (non-hydrogen) atoms. The number of amides is 4. The van der Waals surface area contributed by atoms with Crippen molar-refractivity contribution >= 4 is 41.1 Å². The fourth-order valence-electron chi connectivity index (χ4n) is 7.16. The lowest BCUT2D eigenvalue weighted by Crippen LogP contribution is -2.59. The van der Waals surface area contributed by atoms with Gasteiger partial charge in [0, 0.05) is 24.9 Å². The van der Waals surface area contributed by atoms with Gasteiger partial charge in [-0.2, -0.15) is 5.26 Å². The largest absolute Gasteiger partial charge is 0.481 e. The first kappa shape index (κ1) is 44.1. The van der Waals surface area contributed by atoms with Crippen molar-refractivity contribution in [1.82, 2.24) is 16.0 Å². The summed E-state index contributed by atoms with van der Waals surface area (Å²) in [6.07, 6.45) is -5.53. The van der Waals surface area contributed by atoms with Crippen molar-refractivity contribution in [2.75, 3.05) is 5.32 Å². The number of fused-ring (bicyclic) bond motifs is 18. The topological polar surface area (TPSA) is 235 Å². The Bertz CT molecular complexity index is 2440. The second-order valence-electron chi connectivity index (χ2n) is 15.1. The summed E-state index contributed by atoms with van der Waals surface area (Å²) in [6.45, 7) is 0. The molecule has 2 bridgehead atoms. The molecule has 2 aliphatic rings. The highest BCUT2D eigenvalue weighted by Gasteiger charge is 2.36. The van der Waals surface area contributed by atoms with Crippen molar-refractivity contribution in [3.05, 3.63) is 161 Å². The van der Waals surface area contributed by atoms with Gasteiger partial charge >= 0.3 is 5.97 Å². The summed E-state index contributed by atoms with van der Waals surface area (Å²) in [5.41, 5.74) is 4.48. The number of aliphatic carboxylic acids is 1. The summed E-state index contributed by atoms with van der Waals surface area (Å²) in [6, 6.07) is 35.7. The van der Waals surface area contributed by atoms with Gasteiger partial charge in [0.25, 0.3) is 11.8 Å². The van der Waals surface area contributed by atoms with Gasteiger partial charge in [0.05, 0.1) is 23.6 Å². The molecular weight excluding hydrogens is 791 g/mol. The average molecular weight is 836 g/mol. The minimum atomic E-state index is -2.35. The van der Waals surface area contributed by atoms with E-state index in [2.05, 4.69) is 21.3 Å². The van der Waals surface area contributed by atoms with Gasteiger partial charge in [-0.1, -0.05) is 109 Å². The third kappa shape index (κ3) is 11.8. The van der Waals surface area contributed by atoms with Crippen LogP contribution < -0.4 is 21.3 Å². The number of nitriles is 1. The molecule has 7 N–H and O–H groups in total. The van der Waals surface area contributed by atoms with Crippen LogP contribution >= 0.6 is 0 Å². The van der Waals surface area contributed by atoms with E-state index in [0.29, 0.717) is 22.3 Å². The normalized spacial score (nSPS) is 21.6. The number of carbonyl (C=O) groups is 6. The number of rotatable bonds is 8. The summed E-state index contributed by atoms with van der Waals surface area (Å²) >= 11 is 0. The Balaban J connectivity index is 1.39. The van der Waals surface area contributed by atoms with Crippen LogP contribution in [0, 0.1) is 17.2 Å². The molecule has 0 aromatic heterocycles. The summed E-state index contributed by atoms with van der Waals surface area (Å²) in [5.74, 6) is -7.14. The number of Topliss-reactive ketones (excluding diaryl/α,β-unsaturated/α-hetero) is 1. The molecule has 6 atom stereocenters. The zero-order valence-electron chi connectivity index (χ0n) is 33.4. The zero-order valence-corrected chi connectivity index (χ0v) is 33.4. The van der Waals surface area contributed by atoms with E-state index >= 15 is 0 Å². The monoisotopic (exact) mass is 835 g/mol. The number of aliphatic hydroxyl groups excluding tert-OH is 2. The molecule has 0 radical (unpaired) electrons. The Morgan fingerprint density at radius 1 is 0.565 bits per heavy atom. The molecule has 316 valence electrons. The molecule has 7 rings (SSSR count). The fourth-order valence-corrected chi connectivity index (χ4v) is 7.16. The first-order valence-electron chi connectivity index (χ1n) is 20.0. The predicted molar refractivity (Wildman–Crippen MR) is 228 cm³/mol. The van der Waals surface area contributed by atoms with Crippen molar-refractivity contribution in [1.29, 1.82) is 5.26 Å². The number of anilines is 1. The average Bonchev–Trinajstić information content (AvgIpc) is 3.28. The van der Waals surface area contributed by atoms with Crippen LogP contribution in [-0.4, -0.2) is 81.0 Å². The molecule has 0 fully saturated rings. The number of hydrogen-bond donors (Lipinski definition) is 7. The zero-order chi connectivity index (χ0) is 44.2. The number of hydrogen-bond acceptors (Lipinski definition) is 9. The van der Waals surface area contributed by atoms with E-state index in [-0.39, 0.29) is 36.9 Å². The van der Waals surface area contributed by atoms with Crippen LogP contribution in [0.15, 0.2) is 133 Å². The molecule has 2 heterocycles. The summed E-state index contributed by atoms with van der Waals surface area (Å²) in [5, 5.41) is 51.7. The van der Waals surface area contributed by atoms with Crippen LogP contribution in [0.4, 0.5) is 5.69 Å². The lowest BCUT2D eigenvalue weighted by atomic mass is 9.90. The molecule has 0 saturated heterocycles. The highest BCUT2D eigenvalue weighted by molar-refractivity contribution is 6.00. The molecule has 14 heteroatoms. The van der Waals surface area contributed by atoms with Gasteiger partial charge in [-0.05, 0) is 70.5 Å². The van der Waals surface area contributed by atoms with Gasteiger partial charge in [-0.3, -0.25) is 28.8 Å². The van der Waals surface area contributed by atoms with Crippen molar-refractivity contribution in [2.45, 2.75) is 62.4 Å². The number of aliphatic hydroxyl groups is 2. The van der Waals surface area contributed by atoms with Crippen LogP contribution in [-0.2, 0) is 54.5 Å². The molecule has 4 amide bonds. The van der Waals surface area contributed by atoms with Gasteiger partial charge in [0.15, 0.2) is 18.0 Å². The smallest absolute Gasteiger partial charge is 0.307 e.